The van der Waals surface area contributed by atoms with E-state index in [4.69, 9.17) is 28.9 Å². The van der Waals surface area contributed by atoms with Gasteiger partial charge in [0, 0.05) is 18.3 Å². The highest BCUT2D eigenvalue weighted by atomic mass is 35.5. The van der Waals surface area contributed by atoms with E-state index in [1.165, 1.54) is 6.20 Å². The molecule has 1 aromatic carbocycles. The van der Waals surface area contributed by atoms with Crippen molar-refractivity contribution in [1.82, 2.24) is 9.55 Å². The zero-order valence-corrected chi connectivity index (χ0v) is 12.6. The van der Waals surface area contributed by atoms with Crippen molar-refractivity contribution in [2.24, 2.45) is 0 Å². The molecule has 0 bridgehead atoms. The number of aromatic nitrogens is 2. The minimum absolute atomic E-state index is 0.0801. The number of benzene rings is 1. The second kappa shape index (κ2) is 5.43. The van der Waals surface area contributed by atoms with Gasteiger partial charge in [-0.2, -0.15) is 0 Å². The van der Waals surface area contributed by atoms with E-state index < -0.39 is 33.7 Å². The normalized spacial score (nSPS) is 11.2. The number of nitrogens with zero attached hydrogens (tertiary/aromatic N) is 2. The zero-order valence-electron chi connectivity index (χ0n) is 11.1. The van der Waals surface area contributed by atoms with Gasteiger partial charge in [0.25, 0.3) is 0 Å². The van der Waals surface area contributed by atoms with Crippen molar-refractivity contribution in [1.29, 1.82) is 0 Å². The zero-order chi connectivity index (χ0) is 16.9. The van der Waals surface area contributed by atoms with Gasteiger partial charge in [-0.05, 0) is 6.07 Å². The van der Waals surface area contributed by atoms with Crippen LogP contribution < -0.4 is 11.2 Å². The molecule has 4 nitrogen and oxygen atoms in total. The molecular weight excluding hydrogens is 354 g/mol. The van der Waals surface area contributed by atoms with Crippen LogP contribution in [0, 0.1) is 17.5 Å². The molecule has 0 aliphatic rings. The van der Waals surface area contributed by atoms with E-state index in [1.54, 1.807) is 0 Å². The summed E-state index contributed by atoms with van der Waals surface area (Å²) in [6.07, 6.45) is 1.21. The van der Waals surface area contributed by atoms with Crippen LogP contribution in [0.25, 0.3) is 16.7 Å². The Kier molecular flexibility index (Phi) is 3.69. The summed E-state index contributed by atoms with van der Waals surface area (Å²) in [6.45, 7) is 0. The lowest BCUT2D eigenvalue weighted by Crippen LogP contribution is -2.11. The van der Waals surface area contributed by atoms with Crippen LogP contribution in [0.3, 0.4) is 0 Å². The summed E-state index contributed by atoms with van der Waals surface area (Å²) in [5, 5.41) is -0.960. The van der Waals surface area contributed by atoms with Crippen LogP contribution in [0.2, 0.25) is 10.0 Å². The van der Waals surface area contributed by atoms with Gasteiger partial charge in [0.15, 0.2) is 34.5 Å². The van der Waals surface area contributed by atoms with E-state index in [-0.39, 0.29) is 21.7 Å². The first kappa shape index (κ1) is 15.6. The summed E-state index contributed by atoms with van der Waals surface area (Å²) < 4.78 is 41.8. The van der Waals surface area contributed by atoms with Crippen LogP contribution in [-0.2, 0) is 0 Å². The van der Waals surface area contributed by atoms with Crippen LogP contribution >= 0.6 is 23.2 Å². The fourth-order valence-electron chi connectivity index (χ4n) is 2.13. The van der Waals surface area contributed by atoms with Crippen LogP contribution in [0.15, 0.2) is 29.2 Å². The number of hydrogen-bond donors (Lipinski definition) is 1. The molecule has 3 rings (SSSR count). The summed E-state index contributed by atoms with van der Waals surface area (Å²) in [6, 6.07) is 2.72. The molecule has 2 N–H and O–H groups in total. The van der Waals surface area contributed by atoms with Gasteiger partial charge in [-0.1, -0.05) is 23.2 Å². The Balaban J connectivity index is 2.49. The summed E-state index contributed by atoms with van der Waals surface area (Å²) in [5.74, 6) is -3.97. The minimum atomic E-state index is -1.33. The van der Waals surface area contributed by atoms with Gasteiger partial charge in [-0.15, -0.1) is 0 Å². The fraction of sp³-hybridized carbons (Fsp3) is 0. The van der Waals surface area contributed by atoms with E-state index in [0.717, 1.165) is 22.8 Å². The third-order valence-corrected chi connectivity index (χ3v) is 3.81. The Morgan fingerprint density at radius 3 is 2.52 bits per heavy atom. The fourth-order valence-corrected chi connectivity index (χ4v) is 2.64. The molecule has 0 radical (unpaired) electrons. The van der Waals surface area contributed by atoms with E-state index >= 15 is 0 Å². The maximum atomic E-state index is 13.8. The van der Waals surface area contributed by atoms with Gasteiger partial charge in [0.2, 0.25) is 0 Å². The molecule has 0 saturated carbocycles. The first-order valence-electron chi connectivity index (χ1n) is 6.12. The van der Waals surface area contributed by atoms with Gasteiger partial charge < -0.3 is 5.73 Å². The number of anilines is 1. The average molecular weight is 360 g/mol. The molecule has 0 unspecified atom stereocenters. The highest BCUT2D eigenvalue weighted by Gasteiger charge is 2.19. The van der Waals surface area contributed by atoms with Crippen LogP contribution in [0.4, 0.5) is 19.0 Å². The standard InChI is InChI=1S/C14H6Cl2F3N3O/c15-6-4-8(18)13(20)21-14(6)22-2-1-9(23)5-3-7(17)11(19)10(16)12(5)22/h1-4H,(H2,20,21). The predicted octanol–water partition coefficient (Wildman–Crippen LogP) is 3.69. The van der Waals surface area contributed by atoms with Crippen LogP contribution in [0.1, 0.15) is 0 Å². The highest BCUT2D eigenvalue weighted by Crippen LogP contribution is 2.31. The Hall–Kier alpha value is -2.25. The molecule has 118 valence electrons. The lowest BCUT2D eigenvalue weighted by Gasteiger charge is -2.14. The van der Waals surface area contributed by atoms with Gasteiger partial charge in [-0.25, -0.2) is 18.2 Å². The third kappa shape index (κ3) is 2.42. The number of nitrogens with two attached hydrogens (primary N) is 1. The first-order chi connectivity index (χ1) is 10.8. The largest absolute Gasteiger partial charge is 0.381 e. The summed E-state index contributed by atoms with van der Waals surface area (Å²) in [5.41, 5.74) is 4.67. The number of hydrogen-bond acceptors (Lipinski definition) is 3. The van der Waals surface area contributed by atoms with E-state index in [2.05, 4.69) is 4.98 Å². The topological polar surface area (TPSA) is 60.9 Å². The maximum Gasteiger partial charge on any atom is 0.189 e. The van der Waals surface area contributed by atoms with E-state index in [1.807, 2.05) is 0 Å². The Morgan fingerprint density at radius 1 is 1.13 bits per heavy atom. The van der Waals surface area contributed by atoms with Gasteiger partial charge >= 0.3 is 0 Å². The summed E-state index contributed by atoms with van der Waals surface area (Å²) in [4.78, 5) is 15.7. The van der Waals surface area contributed by atoms with Crippen molar-refractivity contribution in [3.63, 3.8) is 0 Å². The summed E-state index contributed by atoms with van der Waals surface area (Å²) in [7, 11) is 0. The lowest BCUT2D eigenvalue weighted by molar-refractivity contribution is 0.510. The lowest BCUT2D eigenvalue weighted by atomic mass is 10.2. The molecule has 0 fully saturated rings. The molecule has 0 aliphatic heterocycles. The second-order valence-corrected chi connectivity index (χ2v) is 5.38. The van der Waals surface area contributed by atoms with Crippen molar-refractivity contribution in [2.75, 3.05) is 5.73 Å². The average Bonchev–Trinajstić information content (AvgIpc) is 2.50. The highest BCUT2D eigenvalue weighted by molar-refractivity contribution is 6.35. The molecule has 2 heterocycles. The number of nitrogen functional groups attached to an aromatic ring is 1. The summed E-state index contributed by atoms with van der Waals surface area (Å²) >= 11 is 11.8. The first-order valence-corrected chi connectivity index (χ1v) is 6.87. The molecule has 0 amide bonds. The minimum Gasteiger partial charge on any atom is -0.381 e. The molecule has 23 heavy (non-hydrogen) atoms. The molecular formula is C14H6Cl2F3N3O. The molecule has 0 atom stereocenters. The SMILES string of the molecule is Nc1nc(-n2ccc(=O)c3cc(F)c(F)c(Cl)c32)c(Cl)cc1F. The van der Waals surface area contributed by atoms with E-state index in [9.17, 15) is 18.0 Å². The Labute approximate surface area is 136 Å². The predicted molar refractivity (Wildman–Crippen MR) is 81.6 cm³/mol. The monoisotopic (exact) mass is 359 g/mol. The van der Waals surface area contributed by atoms with Gasteiger partial charge in [0.05, 0.1) is 15.9 Å². The molecule has 0 saturated heterocycles. The number of halogens is 5. The molecule has 0 aliphatic carbocycles. The Morgan fingerprint density at radius 2 is 1.83 bits per heavy atom. The second-order valence-electron chi connectivity index (χ2n) is 4.59. The van der Waals surface area contributed by atoms with E-state index in [0.29, 0.717) is 0 Å². The van der Waals surface area contributed by atoms with Gasteiger partial charge in [-0.3, -0.25) is 9.36 Å². The Bertz CT molecular complexity index is 1020. The quantitative estimate of drug-likeness (QED) is 0.674. The number of pyridine rings is 2. The van der Waals surface area contributed by atoms with Crippen molar-refractivity contribution in [2.45, 2.75) is 0 Å². The van der Waals surface area contributed by atoms with Crippen molar-refractivity contribution < 1.29 is 13.2 Å². The number of rotatable bonds is 1. The molecule has 9 heteroatoms. The maximum absolute atomic E-state index is 13.8. The molecule has 3 aromatic rings. The van der Waals surface area contributed by atoms with Crippen molar-refractivity contribution >= 4 is 39.9 Å². The van der Waals surface area contributed by atoms with Crippen LogP contribution in [-0.4, -0.2) is 9.55 Å². The van der Waals surface area contributed by atoms with Crippen LogP contribution in [0.5, 0.6) is 0 Å². The molecule has 2 aromatic heterocycles. The van der Waals surface area contributed by atoms with Crippen molar-refractivity contribution in [3.8, 4) is 5.82 Å². The third-order valence-electron chi connectivity index (χ3n) is 3.18. The number of fused-ring (bicyclic) bond motifs is 1. The smallest absolute Gasteiger partial charge is 0.189 e. The molecule has 0 spiro atoms. The van der Waals surface area contributed by atoms with Crippen molar-refractivity contribution in [3.05, 3.63) is 62.1 Å². The van der Waals surface area contributed by atoms with Gasteiger partial charge in [0.1, 0.15) is 5.02 Å².